The number of sulfone groups is 2. The van der Waals surface area contributed by atoms with Gasteiger partial charge in [-0.05, 0) is 34.7 Å². The third-order valence-corrected chi connectivity index (χ3v) is 10.0. The van der Waals surface area contributed by atoms with Crippen molar-refractivity contribution in [2.75, 3.05) is 26.7 Å². The molecule has 1 saturated heterocycles. The quantitative estimate of drug-likeness (QED) is 0.283. The number of quaternary nitrogens is 1. The summed E-state index contributed by atoms with van der Waals surface area (Å²) in [7, 11) is -10.3. The second kappa shape index (κ2) is 10.2. The zero-order valence-electron chi connectivity index (χ0n) is 20.3. The first-order valence-corrected chi connectivity index (χ1v) is 14.6. The van der Waals surface area contributed by atoms with Crippen LogP contribution in [0, 0.1) is 0 Å². The zero-order chi connectivity index (χ0) is 27.9. The number of hydrogen-bond acceptors (Lipinski definition) is 4. The van der Waals surface area contributed by atoms with Crippen LogP contribution in [0.1, 0.15) is 43.7 Å². The van der Waals surface area contributed by atoms with Gasteiger partial charge in [-0.15, -0.1) is 0 Å². The summed E-state index contributed by atoms with van der Waals surface area (Å²) >= 11 is 0. The Morgan fingerprint density at radius 3 is 1.92 bits per heavy atom. The Hall–Kier alpha value is -2.12. The molecule has 5 nitrogen and oxygen atoms in total. The largest absolute Gasteiger partial charge is 0.501 e. The number of alkyl halides is 6. The van der Waals surface area contributed by atoms with E-state index in [-0.39, 0.29) is 11.6 Å². The van der Waals surface area contributed by atoms with Crippen molar-refractivity contribution < 1.29 is 47.7 Å². The minimum Gasteiger partial charge on any atom is -0.326 e. The highest BCUT2D eigenvalue weighted by molar-refractivity contribution is 7.95. The van der Waals surface area contributed by atoms with Gasteiger partial charge >= 0.3 is 11.0 Å². The fourth-order valence-electron chi connectivity index (χ4n) is 4.77. The van der Waals surface area contributed by atoms with E-state index in [4.69, 9.17) is 0 Å². The molecule has 2 aromatic rings. The third-order valence-electron chi connectivity index (χ3n) is 6.76. The average Bonchev–Trinajstić information content (AvgIpc) is 3.39. The van der Waals surface area contributed by atoms with Crippen LogP contribution in [0.2, 0.25) is 0 Å². The smallest absolute Gasteiger partial charge is 0.326 e. The first kappa shape index (κ1) is 29.4. The van der Waals surface area contributed by atoms with E-state index in [1.165, 1.54) is 74.1 Å². The molecule has 0 atom stereocenters. The minimum absolute atomic E-state index is 0.0606. The van der Waals surface area contributed by atoms with Crippen molar-refractivity contribution >= 4 is 19.7 Å². The van der Waals surface area contributed by atoms with E-state index in [2.05, 4.69) is 14.0 Å². The second-order valence-corrected chi connectivity index (χ2v) is 13.3. The molecule has 13 heteroatoms. The summed E-state index contributed by atoms with van der Waals surface area (Å²) in [6, 6.07) is 7.06. The molecule has 1 aliphatic heterocycles. The number of hydrogen-bond donors (Lipinski definition) is 0. The molecule has 206 valence electrons. The first-order chi connectivity index (χ1) is 17.0. The van der Waals surface area contributed by atoms with E-state index in [0.717, 1.165) is 6.07 Å². The maximum Gasteiger partial charge on any atom is 0.501 e. The van der Waals surface area contributed by atoms with E-state index in [1.807, 2.05) is 0 Å². The van der Waals surface area contributed by atoms with Gasteiger partial charge in [0.25, 0.3) is 19.7 Å². The normalized spacial score (nSPS) is 17.1. The van der Waals surface area contributed by atoms with Crippen molar-refractivity contribution in [3.8, 4) is 11.1 Å². The van der Waals surface area contributed by atoms with Crippen LogP contribution in [-0.4, -0.2) is 59.0 Å². The van der Waals surface area contributed by atoms with Crippen molar-refractivity contribution in [2.24, 2.45) is 0 Å². The van der Waals surface area contributed by atoms with Crippen LogP contribution in [0.25, 0.3) is 11.1 Å². The topological polar surface area (TPSA) is 68.3 Å². The van der Waals surface area contributed by atoms with Crippen LogP contribution >= 0.6 is 0 Å². The third kappa shape index (κ3) is 5.68. The van der Waals surface area contributed by atoms with E-state index in [9.17, 15) is 43.2 Å². The van der Waals surface area contributed by atoms with Crippen LogP contribution in [-0.2, 0) is 26.1 Å². The molecule has 1 aliphatic carbocycles. The Bertz CT molecular complexity index is 1360. The molecule has 0 N–H and O–H groups in total. The summed E-state index contributed by atoms with van der Waals surface area (Å²) < 4.78 is 127. The number of likely N-dealkylation sites (tertiary alicyclic amines) is 1. The lowest BCUT2D eigenvalue weighted by Gasteiger charge is -2.28. The highest BCUT2D eigenvalue weighted by Crippen LogP contribution is 2.47. The van der Waals surface area contributed by atoms with E-state index < -0.39 is 52.5 Å². The van der Waals surface area contributed by atoms with Crippen LogP contribution < -0.4 is 0 Å². The zero-order valence-corrected chi connectivity index (χ0v) is 21.9. The van der Waals surface area contributed by atoms with Gasteiger partial charge in [0.05, 0.1) is 36.5 Å². The van der Waals surface area contributed by atoms with E-state index >= 15 is 0 Å². The van der Waals surface area contributed by atoms with Crippen molar-refractivity contribution in [1.82, 2.24) is 0 Å². The molecular weight excluding hydrogens is 544 g/mol. The Kier molecular flexibility index (Phi) is 8.13. The summed E-state index contributed by atoms with van der Waals surface area (Å²) in [6.07, 6.45) is 5.24. The molecule has 4 rings (SSSR count). The summed E-state index contributed by atoms with van der Waals surface area (Å²) in [4.78, 5) is -3.81. The molecule has 0 amide bonds. The summed E-state index contributed by atoms with van der Waals surface area (Å²) in [6.45, 7) is 6.55. The molecule has 0 spiro atoms. The van der Waals surface area contributed by atoms with Gasteiger partial charge in [0.15, 0.2) is 0 Å². The molecule has 2 aromatic carbocycles. The van der Waals surface area contributed by atoms with Gasteiger partial charge in [0.2, 0.25) is 0 Å². The van der Waals surface area contributed by atoms with Crippen molar-refractivity contribution in [1.29, 1.82) is 0 Å². The van der Waals surface area contributed by atoms with E-state index in [0.29, 0.717) is 11.1 Å². The summed E-state index contributed by atoms with van der Waals surface area (Å²) in [5, 5.41) is 0. The van der Waals surface area contributed by atoms with Gasteiger partial charge < -0.3 is 4.48 Å². The van der Waals surface area contributed by atoms with Crippen molar-refractivity contribution in [3.63, 3.8) is 0 Å². The predicted octanol–water partition coefficient (Wildman–Crippen LogP) is 5.87. The number of rotatable bonds is 5. The van der Waals surface area contributed by atoms with Crippen LogP contribution in [0.15, 0.2) is 46.2 Å². The van der Waals surface area contributed by atoms with Gasteiger partial charge in [0.1, 0.15) is 0 Å². The second-order valence-electron chi connectivity index (χ2n) is 9.50. The van der Waals surface area contributed by atoms with Crippen LogP contribution in [0.5, 0.6) is 0 Å². The summed E-state index contributed by atoms with van der Waals surface area (Å²) in [5.41, 5.74) is -11.9. The number of unbranched alkanes of at least 4 members (excludes halogenated alkanes) is 1. The predicted molar refractivity (Wildman–Crippen MR) is 126 cm³/mol. The van der Waals surface area contributed by atoms with Crippen molar-refractivity contribution in [2.45, 2.75) is 59.8 Å². The highest BCUT2D eigenvalue weighted by Gasteiger charge is 2.55. The number of halogens is 6. The van der Waals surface area contributed by atoms with Gasteiger partial charge in [-0.2, -0.15) is 26.3 Å². The Morgan fingerprint density at radius 1 is 0.811 bits per heavy atom. The molecule has 0 radical (unpaired) electrons. The standard InChI is InChI=1S/C15H8F6O4S2.C9H20N/c16-14(17,18)26(22,23)12-6-5-10-9-4-2-1-3-8(9)7-11(10)13(12)27(24,25)15(19,20)21;1-3-4-7-10(2)8-5-6-9-10/h1-6H,7H2;3-9H2,1-2H3/q;+1. The first-order valence-electron chi connectivity index (χ1n) is 11.7. The SMILES string of the molecule is CCCC[N+]1(C)CCCC1.O=S(=O)(c1ccc2c(c1S(=O)(=O)C(F)(F)F)Cc1ccccc1-2)C(F)(F)F. The van der Waals surface area contributed by atoms with Crippen LogP contribution in [0.4, 0.5) is 26.3 Å². The number of nitrogens with zero attached hydrogens (tertiary/aromatic N) is 1. The number of benzene rings is 2. The summed E-state index contributed by atoms with van der Waals surface area (Å²) in [5.74, 6) is 0. The van der Waals surface area contributed by atoms with Gasteiger partial charge in [0, 0.05) is 19.3 Å². The monoisotopic (exact) mass is 572 g/mol. The number of fused-ring (bicyclic) bond motifs is 3. The molecule has 0 saturated carbocycles. The fourth-order valence-corrected chi connectivity index (χ4v) is 7.36. The Labute approximate surface area is 212 Å². The lowest BCUT2D eigenvalue weighted by Crippen LogP contribution is -2.41. The molecule has 0 bridgehead atoms. The molecule has 0 unspecified atom stereocenters. The average molecular weight is 573 g/mol. The molecule has 37 heavy (non-hydrogen) atoms. The van der Waals surface area contributed by atoms with E-state index in [1.54, 1.807) is 0 Å². The lowest BCUT2D eigenvalue weighted by atomic mass is 10.1. The minimum atomic E-state index is -6.37. The van der Waals surface area contributed by atoms with Gasteiger partial charge in [-0.1, -0.05) is 43.7 Å². The molecule has 1 heterocycles. The molecule has 2 aliphatic rings. The maximum absolute atomic E-state index is 13.1. The maximum atomic E-state index is 13.1. The Morgan fingerprint density at radius 2 is 1.38 bits per heavy atom. The van der Waals surface area contributed by atoms with Crippen LogP contribution in [0.3, 0.4) is 0 Å². The van der Waals surface area contributed by atoms with Gasteiger partial charge in [-0.3, -0.25) is 0 Å². The molecular formula is C24H28F6NO4S2+. The van der Waals surface area contributed by atoms with Crippen molar-refractivity contribution in [3.05, 3.63) is 47.5 Å². The molecule has 1 fully saturated rings. The highest BCUT2D eigenvalue weighted by atomic mass is 32.2. The lowest BCUT2D eigenvalue weighted by molar-refractivity contribution is -0.897. The van der Waals surface area contributed by atoms with Gasteiger partial charge in [-0.25, -0.2) is 16.8 Å². The molecule has 0 aromatic heterocycles. The Balaban J connectivity index is 0.000000319. The fraction of sp³-hybridized carbons (Fsp3) is 0.500.